The number of ketones is 2. The molecule has 11 atom stereocenters. The highest BCUT2D eigenvalue weighted by Gasteiger charge is 2.80. The molecule has 1 saturated heterocycles. The van der Waals surface area contributed by atoms with Gasteiger partial charge in [-0.1, -0.05) is 57.7 Å². The van der Waals surface area contributed by atoms with Crippen molar-refractivity contribution in [2.75, 3.05) is 11.9 Å². The van der Waals surface area contributed by atoms with Crippen molar-refractivity contribution in [2.24, 2.45) is 22.7 Å². The standard InChI is InChI=1S/C48H62F2N2O9SSi/c1-27(51-42(57)61-43(2,3)4)40(56)52-29-14-18-32(19-15-29)62-31-16-12-28(13-17-31)41-59-39-24-33-34-23-36(49)35-22-30(53)20-21-45(35,8)47(34,50)37(54)25-46(33,9)48(39,60-41)38(55)26-58-63(10,11)44(5,6)7/h12-22,27,33-34,36-37,39,41,54H,23-26H2,1-11H3,(H,51,57)(H,52,56)/t27-,33-,34-,36-,37-,39+,41+,45-,46-,47-,48+/m0/s1. The minimum Gasteiger partial charge on any atom is -0.444 e. The van der Waals surface area contributed by atoms with Gasteiger partial charge in [0.1, 0.15) is 17.8 Å². The van der Waals surface area contributed by atoms with Crippen molar-refractivity contribution in [2.45, 2.75) is 157 Å². The molecule has 4 fully saturated rings. The van der Waals surface area contributed by atoms with Crippen molar-refractivity contribution in [1.29, 1.82) is 0 Å². The van der Waals surface area contributed by atoms with E-state index in [1.54, 1.807) is 46.8 Å². The van der Waals surface area contributed by atoms with Gasteiger partial charge in [0.15, 0.2) is 37.4 Å². The third kappa shape index (κ3) is 8.17. The van der Waals surface area contributed by atoms with Gasteiger partial charge in [-0.25, -0.2) is 13.6 Å². The average Bonchev–Trinajstić information content (AvgIpc) is 3.68. The Morgan fingerprint density at radius 1 is 0.984 bits per heavy atom. The van der Waals surface area contributed by atoms with Gasteiger partial charge in [0.2, 0.25) is 5.91 Å². The van der Waals surface area contributed by atoms with Crippen molar-refractivity contribution in [1.82, 2.24) is 5.32 Å². The van der Waals surface area contributed by atoms with Crippen LogP contribution < -0.4 is 10.6 Å². The molecule has 2 amide bonds. The number of Topliss-reactive ketones (excluding diaryl/α,β-unsaturated/α-hetero) is 1. The van der Waals surface area contributed by atoms with Crippen molar-refractivity contribution in [3.05, 3.63) is 77.9 Å². The maximum atomic E-state index is 18.1. The van der Waals surface area contributed by atoms with Crippen molar-refractivity contribution in [3.63, 3.8) is 0 Å². The number of amides is 2. The molecule has 342 valence electrons. The number of carbonyl (C=O) groups excluding carboxylic acids is 4. The van der Waals surface area contributed by atoms with Crippen LogP contribution in [0, 0.1) is 22.7 Å². The van der Waals surface area contributed by atoms with Crippen LogP contribution in [0.5, 0.6) is 0 Å². The first-order valence-electron chi connectivity index (χ1n) is 21.8. The monoisotopic (exact) mass is 908 g/mol. The van der Waals surface area contributed by atoms with Gasteiger partial charge in [0, 0.05) is 37.8 Å². The van der Waals surface area contributed by atoms with E-state index in [4.69, 9.17) is 18.6 Å². The summed E-state index contributed by atoms with van der Waals surface area (Å²) < 4.78 is 59.7. The molecule has 1 aliphatic heterocycles. The highest BCUT2D eigenvalue weighted by atomic mass is 32.2. The van der Waals surface area contributed by atoms with Gasteiger partial charge in [0.25, 0.3) is 0 Å². The van der Waals surface area contributed by atoms with E-state index in [0.29, 0.717) is 11.3 Å². The number of alkyl carbamates (subject to hydrolysis) is 1. The second kappa shape index (κ2) is 16.3. The summed E-state index contributed by atoms with van der Waals surface area (Å²) in [5.74, 6) is -2.76. The zero-order valence-corrected chi connectivity index (χ0v) is 39.9. The predicted octanol–water partition coefficient (Wildman–Crippen LogP) is 9.36. The van der Waals surface area contributed by atoms with Crippen LogP contribution in [0.2, 0.25) is 18.1 Å². The molecule has 0 spiro atoms. The molecule has 3 saturated carbocycles. The number of carbonyl (C=O) groups is 4. The van der Waals surface area contributed by atoms with E-state index >= 15 is 8.78 Å². The highest BCUT2D eigenvalue weighted by molar-refractivity contribution is 7.99. The Morgan fingerprint density at radius 2 is 1.60 bits per heavy atom. The summed E-state index contributed by atoms with van der Waals surface area (Å²) >= 11 is 1.49. The van der Waals surface area contributed by atoms with Gasteiger partial charge < -0.3 is 34.4 Å². The molecule has 2 aromatic carbocycles. The number of rotatable bonds is 10. The Balaban J connectivity index is 1.10. The van der Waals surface area contributed by atoms with E-state index in [0.717, 1.165) is 9.79 Å². The van der Waals surface area contributed by atoms with Crippen LogP contribution in [0.25, 0.3) is 0 Å². The molecule has 0 aromatic heterocycles. The van der Waals surface area contributed by atoms with Crippen molar-refractivity contribution < 1.29 is 51.7 Å². The Kier molecular flexibility index (Phi) is 12.2. The molecule has 5 aliphatic rings. The van der Waals surface area contributed by atoms with Gasteiger partial charge >= 0.3 is 6.09 Å². The molecule has 0 unspecified atom stereocenters. The number of benzene rings is 2. The molecule has 0 radical (unpaired) electrons. The van der Waals surface area contributed by atoms with Crippen LogP contribution >= 0.6 is 11.8 Å². The summed E-state index contributed by atoms with van der Waals surface area (Å²) in [5.41, 5.74) is -6.11. The zero-order valence-electron chi connectivity index (χ0n) is 38.1. The quantitative estimate of drug-likeness (QED) is 0.197. The molecule has 11 nitrogen and oxygen atoms in total. The highest BCUT2D eigenvalue weighted by Crippen LogP contribution is 2.72. The van der Waals surface area contributed by atoms with E-state index in [1.165, 1.54) is 30.0 Å². The number of aliphatic hydroxyl groups excluding tert-OH is 1. The minimum atomic E-state index is -2.43. The van der Waals surface area contributed by atoms with Crippen LogP contribution in [0.4, 0.5) is 19.3 Å². The summed E-state index contributed by atoms with van der Waals surface area (Å²) in [6.45, 7) is 20.3. The fourth-order valence-corrected chi connectivity index (χ4v) is 12.1. The lowest BCUT2D eigenvalue weighted by Crippen LogP contribution is -2.71. The summed E-state index contributed by atoms with van der Waals surface area (Å²) in [7, 11) is -2.43. The molecule has 7 rings (SSSR count). The number of aliphatic hydroxyl groups is 1. The Morgan fingerprint density at radius 3 is 2.21 bits per heavy atom. The average molecular weight is 909 g/mol. The van der Waals surface area contributed by atoms with Crippen molar-refractivity contribution in [3.8, 4) is 0 Å². The fraction of sp³-hybridized carbons (Fsp3) is 0.583. The van der Waals surface area contributed by atoms with E-state index < -0.39 is 96.3 Å². The number of fused-ring (bicyclic) bond motifs is 7. The summed E-state index contributed by atoms with van der Waals surface area (Å²) in [5, 5.41) is 17.2. The van der Waals surface area contributed by atoms with Crippen LogP contribution in [-0.4, -0.2) is 84.9 Å². The molecular formula is C48H62F2N2O9SSi. The third-order valence-electron chi connectivity index (χ3n) is 14.8. The molecule has 1 heterocycles. The first-order chi connectivity index (χ1) is 29.1. The number of nitrogens with one attached hydrogen (secondary N) is 2. The summed E-state index contributed by atoms with van der Waals surface area (Å²) in [6, 6.07) is 14.0. The minimum absolute atomic E-state index is 0.0408. The van der Waals surface area contributed by atoms with Crippen LogP contribution in [0.15, 0.2) is 82.1 Å². The second-order valence-electron chi connectivity index (χ2n) is 20.9. The maximum absolute atomic E-state index is 18.1. The van der Waals surface area contributed by atoms with Gasteiger partial charge in [0.05, 0.1) is 18.8 Å². The topological polar surface area (TPSA) is 149 Å². The Hall–Kier alpha value is -3.73. The van der Waals surface area contributed by atoms with E-state index in [-0.39, 0.29) is 42.3 Å². The Bertz CT molecular complexity index is 2210. The first-order valence-corrected chi connectivity index (χ1v) is 25.5. The smallest absolute Gasteiger partial charge is 0.408 e. The molecule has 4 aliphatic carbocycles. The SMILES string of the molecule is C[C@H](NC(=O)OC(C)(C)C)C(=O)Nc1ccc(Sc2ccc([C@@H]3O[C@@H]4C[C@H]5[C@@H]6C[C@H](F)C7=CC(=O)C=C[C@]7(C)[C@@]6(F)[C@@H](O)C[C@]5(C)[C@]4(C(=O)CO[Si](C)(C)C(C)(C)C)O3)cc2)cc1. The van der Waals surface area contributed by atoms with E-state index in [9.17, 15) is 24.3 Å². The van der Waals surface area contributed by atoms with Gasteiger partial charge in [-0.05, 0) is 132 Å². The van der Waals surface area contributed by atoms with E-state index in [1.807, 2.05) is 43.3 Å². The van der Waals surface area contributed by atoms with Crippen LogP contribution in [-0.2, 0) is 33.0 Å². The molecule has 3 N–H and O–H groups in total. The van der Waals surface area contributed by atoms with E-state index in [2.05, 4.69) is 44.5 Å². The zero-order chi connectivity index (χ0) is 46.3. The largest absolute Gasteiger partial charge is 0.444 e. The lowest BCUT2D eigenvalue weighted by atomic mass is 9.44. The van der Waals surface area contributed by atoms with Gasteiger partial charge in [-0.2, -0.15) is 0 Å². The predicted molar refractivity (Wildman–Crippen MR) is 238 cm³/mol. The number of alkyl halides is 2. The van der Waals surface area contributed by atoms with Gasteiger partial charge in [-0.3, -0.25) is 14.4 Å². The second-order valence-corrected chi connectivity index (χ2v) is 26.9. The molecule has 0 bridgehead atoms. The first kappa shape index (κ1) is 47.2. The molecule has 15 heteroatoms. The number of allylic oxidation sites excluding steroid dienone is 4. The summed E-state index contributed by atoms with van der Waals surface area (Å²) in [6.07, 6.45) is -2.06. The lowest BCUT2D eigenvalue weighted by molar-refractivity contribution is -0.235. The Labute approximate surface area is 374 Å². The normalized spacial score (nSPS) is 34.2. The number of ether oxygens (including phenoxy) is 3. The molecule has 2 aromatic rings. The van der Waals surface area contributed by atoms with Crippen LogP contribution in [0.3, 0.4) is 0 Å². The molecule has 63 heavy (non-hydrogen) atoms. The van der Waals surface area contributed by atoms with Crippen molar-refractivity contribution >= 4 is 49.3 Å². The number of anilines is 1. The number of halogens is 2. The lowest BCUT2D eigenvalue weighted by Gasteiger charge is -2.63. The number of hydrogen-bond donors (Lipinski definition) is 3. The number of hydrogen-bond acceptors (Lipinski definition) is 10. The van der Waals surface area contributed by atoms with Crippen LogP contribution in [0.1, 0.15) is 93.4 Å². The maximum Gasteiger partial charge on any atom is 0.408 e. The third-order valence-corrected chi connectivity index (χ3v) is 20.3. The van der Waals surface area contributed by atoms with Gasteiger partial charge in [-0.15, -0.1) is 0 Å². The summed E-state index contributed by atoms with van der Waals surface area (Å²) in [4.78, 5) is 54.0. The molecular weight excluding hydrogens is 847 g/mol. The fourth-order valence-electron chi connectivity index (χ4n) is 10.4.